The first-order chi connectivity index (χ1) is 11.3. The molecule has 1 aromatic heterocycles. The lowest BCUT2D eigenvalue weighted by Gasteiger charge is -2.37. The lowest BCUT2D eigenvalue weighted by atomic mass is 10.0. The molecule has 0 spiro atoms. The molecule has 1 N–H and O–H groups in total. The number of nitrogens with one attached hydrogen (secondary N) is 1. The van der Waals surface area contributed by atoms with Gasteiger partial charge < -0.3 is 10.2 Å². The van der Waals surface area contributed by atoms with Crippen molar-refractivity contribution >= 4 is 11.9 Å². The van der Waals surface area contributed by atoms with Gasteiger partial charge in [-0.05, 0) is 32.2 Å². The van der Waals surface area contributed by atoms with E-state index in [4.69, 9.17) is 0 Å². The number of anilines is 1. The number of likely N-dealkylation sites (tertiary alicyclic amines) is 2. The molecule has 2 aliphatic heterocycles. The summed E-state index contributed by atoms with van der Waals surface area (Å²) in [6, 6.07) is 0.394. The van der Waals surface area contributed by atoms with E-state index in [2.05, 4.69) is 32.0 Å². The number of carbonyl (C=O) groups excluding carboxylic acids is 1. The minimum Gasteiger partial charge on any atom is -0.354 e. The lowest BCUT2D eigenvalue weighted by Crippen LogP contribution is -2.48. The van der Waals surface area contributed by atoms with Crippen LogP contribution in [-0.2, 0) is 11.3 Å². The molecule has 2 aliphatic rings. The van der Waals surface area contributed by atoms with Gasteiger partial charge in [-0.3, -0.25) is 9.69 Å². The van der Waals surface area contributed by atoms with E-state index in [-0.39, 0.29) is 0 Å². The number of hydrogen-bond donors (Lipinski definition) is 1. The highest BCUT2D eigenvalue weighted by atomic mass is 16.2. The predicted octanol–water partition coefficient (Wildman–Crippen LogP) is 1.89. The zero-order valence-electron chi connectivity index (χ0n) is 14.0. The standard InChI is InChI=1S/C17H27N5O/c1-2-7-18-17-19-10-14(11-20-17)12-21-8-3-5-15(13-21)22-9-4-6-16(22)23/h10-11,15H,2-9,12-13H2,1H3,(H,18,19,20). The van der Waals surface area contributed by atoms with E-state index in [0.717, 1.165) is 70.4 Å². The van der Waals surface area contributed by atoms with E-state index in [0.29, 0.717) is 17.9 Å². The Bertz CT molecular complexity index is 518. The van der Waals surface area contributed by atoms with Crippen LogP contribution in [0.5, 0.6) is 0 Å². The molecule has 3 rings (SSSR count). The van der Waals surface area contributed by atoms with Crippen molar-refractivity contribution in [3.63, 3.8) is 0 Å². The topological polar surface area (TPSA) is 61.4 Å². The molecule has 3 heterocycles. The van der Waals surface area contributed by atoms with Crippen molar-refractivity contribution < 1.29 is 4.79 Å². The molecule has 1 atom stereocenters. The Morgan fingerprint density at radius 1 is 1.26 bits per heavy atom. The molecule has 6 nitrogen and oxygen atoms in total. The Balaban J connectivity index is 1.54. The van der Waals surface area contributed by atoms with E-state index in [1.807, 2.05) is 12.4 Å². The molecule has 0 aromatic carbocycles. The third-order valence-electron chi connectivity index (χ3n) is 4.68. The zero-order valence-corrected chi connectivity index (χ0v) is 14.0. The van der Waals surface area contributed by atoms with Gasteiger partial charge in [0.1, 0.15) is 0 Å². The van der Waals surface area contributed by atoms with Crippen molar-refractivity contribution in [2.24, 2.45) is 0 Å². The van der Waals surface area contributed by atoms with Crippen LogP contribution in [0.25, 0.3) is 0 Å². The van der Waals surface area contributed by atoms with E-state index >= 15 is 0 Å². The Kier molecular flexibility index (Phi) is 5.43. The van der Waals surface area contributed by atoms with Crippen LogP contribution < -0.4 is 5.32 Å². The molecule has 0 bridgehead atoms. The number of amides is 1. The minimum atomic E-state index is 0.339. The summed E-state index contributed by atoms with van der Waals surface area (Å²) in [7, 11) is 0. The average molecular weight is 317 g/mol. The van der Waals surface area contributed by atoms with Gasteiger partial charge in [-0.1, -0.05) is 6.92 Å². The average Bonchev–Trinajstić information content (AvgIpc) is 3.01. The Labute approximate surface area is 138 Å². The molecular weight excluding hydrogens is 290 g/mol. The van der Waals surface area contributed by atoms with Gasteiger partial charge in [0.2, 0.25) is 11.9 Å². The summed E-state index contributed by atoms with van der Waals surface area (Å²) in [5, 5.41) is 3.19. The first kappa shape index (κ1) is 16.2. The summed E-state index contributed by atoms with van der Waals surface area (Å²) in [5.41, 5.74) is 1.14. The molecule has 0 saturated carbocycles. The quantitative estimate of drug-likeness (QED) is 0.868. The van der Waals surface area contributed by atoms with Crippen LogP contribution in [0.3, 0.4) is 0 Å². The van der Waals surface area contributed by atoms with E-state index in [1.165, 1.54) is 0 Å². The van der Waals surface area contributed by atoms with Crippen molar-refractivity contribution in [2.75, 3.05) is 31.5 Å². The van der Waals surface area contributed by atoms with Crippen molar-refractivity contribution in [1.82, 2.24) is 19.8 Å². The third-order valence-corrected chi connectivity index (χ3v) is 4.68. The summed E-state index contributed by atoms with van der Waals surface area (Å²) in [4.78, 5) is 25.2. The highest BCUT2D eigenvalue weighted by molar-refractivity contribution is 5.78. The minimum absolute atomic E-state index is 0.339. The second-order valence-corrected chi connectivity index (χ2v) is 6.56. The second kappa shape index (κ2) is 7.73. The van der Waals surface area contributed by atoms with Gasteiger partial charge in [0.25, 0.3) is 0 Å². The normalized spacial score (nSPS) is 22.6. The first-order valence-corrected chi connectivity index (χ1v) is 8.83. The van der Waals surface area contributed by atoms with E-state index in [9.17, 15) is 4.79 Å². The van der Waals surface area contributed by atoms with Gasteiger partial charge >= 0.3 is 0 Å². The van der Waals surface area contributed by atoms with E-state index in [1.54, 1.807) is 0 Å². The fourth-order valence-electron chi connectivity index (χ4n) is 3.51. The fraction of sp³-hybridized carbons (Fsp3) is 0.706. The number of hydrogen-bond acceptors (Lipinski definition) is 5. The Hall–Kier alpha value is -1.69. The van der Waals surface area contributed by atoms with Gasteiger partial charge in [-0.15, -0.1) is 0 Å². The SMILES string of the molecule is CCCNc1ncc(CN2CCCC(N3CCCC3=O)C2)cn1. The van der Waals surface area contributed by atoms with Gasteiger partial charge in [0.05, 0.1) is 0 Å². The van der Waals surface area contributed by atoms with Gasteiger partial charge in [0.15, 0.2) is 0 Å². The van der Waals surface area contributed by atoms with Crippen LogP contribution in [0, 0.1) is 0 Å². The summed E-state index contributed by atoms with van der Waals surface area (Å²) in [6.07, 6.45) is 8.94. The maximum Gasteiger partial charge on any atom is 0.222 e. The van der Waals surface area contributed by atoms with Crippen molar-refractivity contribution in [3.8, 4) is 0 Å². The summed E-state index contributed by atoms with van der Waals surface area (Å²) in [5.74, 6) is 1.04. The lowest BCUT2D eigenvalue weighted by molar-refractivity contribution is -0.130. The highest BCUT2D eigenvalue weighted by Gasteiger charge is 2.31. The number of rotatable bonds is 6. The maximum absolute atomic E-state index is 11.9. The molecule has 1 amide bonds. The van der Waals surface area contributed by atoms with E-state index < -0.39 is 0 Å². The molecule has 126 valence electrons. The molecule has 0 aliphatic carbocycles. The highest BCUT2D eigenvalue weighted by Crippen LogP contribution is 2.22. The summed E-state index contributed by atoms with van der Waals surface area (Å²) < 4.78 is 0. The molecule has 0 radical (unpaired) electrons. The number of nitrogens with zero attached hydrogens (tertiary/aromatic N) is 4. The van der Waals surface area contributed by atoms with Gasteiger partial charge in [0, 0.05) is 56.6 Å². The number of aromatic nitrogens is 2. The van der Waals surface area contributed by atoms with Gasteiger partial charge in [-0.25, -0.2) is 9.97 Å². The Morgan fingerprint density at radius 3 is 2.78 bits per heavy atom. The first-order valence-electron chi connectivity index (χ1n) is 8.83. The second-order valence-electron chi connectivity index (χ2n) is 6.56. The maximum atomic E-state index is 11.9. The molecule has 2 saturated heterocycles. The zero-order chi connectivity index (χ0) is 16.1. The smallest absolute Gasteiger partial charge is 0.222 e. The molecular formula is C17H27N5O. The molecule has 1 aromatic rings. The van der Waals surface area contributed by atoms with Crippen LogP contribution >= 0.6 is 0 Å². The Morgan fingerprint density at radius 2 is 2.09 bits per heavy atom. The molecule has 6 heteroatoms. The van der Waals surface area contributed by atoms with Crippen molar-refractivity contribution in [2.45, 2.75) is 51.6 Å². The van der Waals surface area contributed by atoms with Crippen LogP contribution in [0.2, 0.25) is 0 Å². The molecule has 2 fully saturated rings. The van der Waals surface area contributed by atoms with Crippen LogP contribution in [0.1, 0.15) is 44.6 Å². The number of carbonyl (C=O) groups is 1. The van der Waals surface area contributed by atoms with Crippen molar-refractivity contribution in [1.29, 1.82) is 0 Å². The summed E-state index contributed by atoms with van der Waals surface area (Å²) in [6.45, 7) is 6.90. The fourth-order valence-corrected chi connectivity index (χ4v) is 3.51. The third kappa shape index (κ3) is 4.19. The monoisotopic (exact) mass is 317 g/mol. The largest absolute Gasteiger partial charge is 0.354 e. The number of piperidine rings is 1. The molecule has 1 unspecified atom stereocenters. The molecule has 23 heavy (non-hydrogen) atoms. The van der Waals surface area contributed by atoms with Crippen LogP contribution in [0.15, 0.2) is 12.4 Å². The van der Waals surface area contributed by atoms with Gasteiger partial charge in [-0.2, -0.15) is 0 Å². The predicted molar refractivity (Wildman–Crippen MR) is 90.1 cm³/mol. The summed E-state index contributed by atoms with van der Waals surface area (Å²) >= 11 is 0. The van der Waals surface area contributed by atoms with Crippen molar-refractivity contribution in [3.05, 3.63) is 18.0 Å². The van der Waals surface area contributed by atoms with Crippen LogP contribution in [-0.4, -0.2) is 57.9 Å². The van der Waals surface area contributed by atoms with Crippen LogP contribution in [0.4, 0.5) is 5.95 Å².